The van der Waals surface area contributed by atoms with Gasteiger partial charge in [0.05, 0.1) is 6.04 Å². The van der Waals surface area contributed by atoms with Crippen LogP contribution in [0.3, 0.4) is 0 Å². The fraction of sp³-hybridized carbons (Fsp3) is 0.818. The number of thioether (sulfide) groups is 1. The summed E-state index contributed by atoms with van der Waals surface area (Å²) in [4.78, 5) is 27.0. The molecule has 0 aromatic carbocycles. The summed E-state index contributed by atoms with van der Waals surface area (Å²) in [6.45, 7) is 5.16. The molecule has 1 N–H and O–H groups in total. The predicted molar refractivity (Wildman–Crippen MR) is 67.9 cm³/mol. The van der Waals surface area contributed by atoms with Gasteiger partial charge in [0.2, 0.25) is 11.8 Å². The molecule has 17 heavy (non-hydrogen) atoms. The zero-order valence-electron chi connectivity index (χ0n) is 10.1. The van der Waals surface area contributed by atoms with Crippen molar-refractivity contribution in [3.8, 4) is 0 Å². The topological polar surface area (TPSA) is 52.7 Å². The summed E-state index contributed by atoms with van der Waals surface area (Å²) < 4.78 is 0. The van der Waals surface area contributed by atoms with Crippen LogP contribution < -0.4 is 5.32 Å². The largest absolute Gasteiger partial charge is 0.339 e. The third-order valence-electron chi connectivity index (χ3n) is 3.26. The van der Waals surface area contributed by atoms with Gasteiger partial charge in [0, 0.05) is 51.2 Å². The maximum Gasteiger partial charge on any atom is 0.240 e. The zero-order valence-corrected chi connectivity index (χ0v) is 11.0. The molecule has 0 spiro atoms. The van der Waals surface area contributed by atoms with Crippen LogP contribution >= 0.6 is 11.8 Å². The Labute approximate surface area is 106 Å². The number of hydrogen-bond acceptors (Lipinski definition) is 4. The SMILES string of the molecule is CC(=O)N1CCN(C(=O)C2CSCCN2)CC1. The number of amides is 2. The first kappa shape index (κ1) is 12.7. The second-order valence-corrected chi connectivity index (χ2v) is 5.56. The van der Waals surface area contributed by atoms with Gasteiger partial charge < -0.3 is 15.1 Å². The van der Waals surface area contributed by atoms with Gasteiger partial charge in [-0.05, 0) is 0 Å². The average molecular weight is 257 g/mol. The molecule has 1 unspecified atom stereocenters. The summed E-state index contributed by atoms with van der Waals surface area (Å²) in [7, 11) is 0. The average Bonchev–Trinajstić information content (AvgIpc) is 2.39. The van der Waals surface area contributed by atoms with Crippen LogP contribution in [0.25, 0.3) is 0 Å². The number of hydrogen-bond donors (Lipinski definition) is 1. The molecule has 2 fully saturated rings. The van der Waals surface area contributed by atoms with Gasteiger partial charge >= 0.3 is 0 Å². The number of piperazine rings is 1. The molecule has 2 rings (SSSR count). The van der Waals surface area contributed by atoms with Gasteiger partial charge in [0.15, 0.2) is 0 Å². The second kappa shape index (κ2) is 5.73. The lowest BCUT2D eigenvalue weighted by Crippen LogP contribution is -2.56. The third-order valence-corrected chi connectivity index (χ3v) is 4.32. The number of carbonyl (C=O) groups is 2. The molecule has 0 aliphatic carbocycles. The Morgan fingerprint density at radius 2 is 1.82 bits per heavy atom. The summed E-state index contributed by atoms with van der Waals surface area (Å²) in [6.07, 6.45) is 0. The van der Waals surface area contributed by atoms with Gasteiger partial charge in [0.25, 0.3) is 0 Å². The summed E-state index contributed by atoms with van der Waals surface area (Å²) >= 11 is 1.83. The highest BCUT2D eigenvalue weighted by molar-refractivity contribution is 7.99. The molecule has 96 valence electrons. The minimum Gasteiger partial charge on any atom is -0.339 e. The van der Waals surface area contributed by atoms with Crippen LogP contribution in [0.2, 0.25) is 0 Å². The monoisotopic (exact) mass is 257 g/mol. The predicted octanol–water partition coefficient (Wildman–Crippen LogP) is -0.618. The summed E-state index contributed by atoms with van der Waals surface area (Å²) in [5, 5.41) is 3.26. The van der Waals surface area contributed by atoms with E-state index in [1.54, 1.807) is 11.8 Å². The van der Waals surface area contributed by atoms with Gasteiger partial charge in [-0.15, -0.1) is 0 Å². The van der Waals surface area contributed by atoms with E-state index in [9.17, 15) is 9.59 Å². The van der Waals surface area contributed by atoms with E-state index in [0.717, 1.165) is 18.1 Å². The van der Waals surface area contributed by atoms with Crippen molar-refractivity contribution >= 4 is 23.6 Å². The first-order chi connectivity index (χ1) is 8.18. The number of rotatable bonds is 1. The Kier molecular flexibility index (Phi) is 4.28. The number of nitrogens with zero attached hydrogens (tertiary/aromatic N) is 2. The third kappa shape index (κ3) is 3.13. The Morgan fingerprint density at radius 3 is 2.35 bits per heavy atom. The molecule has 1 atom stereocenters. The van der Waals surface area contributed by atoms with Crippen LogP contribution in [0.4, 0.5) is 0 Å². The van der Waals surface area contributed by atoms with Crippen LogP contribution in [-0.2, 0) is 9.59 Å². The van der Waals surface area contributed by atoms with Gasteiger partial charge in [-0.3, -0.25) is 9.59 Å². The van der Waals surface area contributed by atoms with Crippen LogP contribution in [-0.4, -0.2) is 71.9 Å². The van der Waals surface area contributed by atoms with Gasteiger partial charge in [-0.1, -0.05) is 0 Å². The van der Waals surface area contributed by atoms with E-state index in [2.05, 4.69) is 5.32 Å². The second-order valence-electron chi connectivity index (χ2n) is 4.41. The lowest BCUT2D eigenvalue weighted by molar-refractivity contribution is -0.139. The smallest absolute Gasteiger partial charge is 0.240 e. The quantitative estimate of drug-likeness (QED) is 0.680. The minimum absolute atomic E-state index is 0.0300. The molecule has 5 nitrogen and oxygen atoms in total. The number of carbonyl (C=O) groups excluding carboxylic acids is 2. The molecular formula is C11H19N3O2S. The minimum atomic E-state index is -0.0300. The first-order valence-corrected chi connectivity index (χ1v) is 7.19. The van der Waals surface area contributed by atoms with Crippen molar-refractivity contribution in [3.63, 3.8) is 0 Å². The highest BCUT2D eigenvalue weighted by Gasteiger charge is 2.28. The summed E-state index contributed by atoms with van der Waals surface area (Å²) in [5.41, 5.74) is 0. The van der Waals surface area contributed by atoms with E-state index >= 15 is 0 Å². The standard InChI is InChI=1S/C11H19N3O2S/c1-9(15)13-3-5-14(6-4-13)11(16)10-8-17-7-2-12-10/h10,12H,2-8H2,1H3. The van der Waals surface area contributed by atoms with Crippen molar-refractivity contribution in [1.82, 2.24) is 15.1 Å². The van der Waals surface area contributed by atoms with E-state index in [-0.39, 0.29) is 17.9 Å². The maximum atomic E-state index is 12.2. The van der Waals surface area contributed by atoms with Crippen LogP contribution in [0, 0.1) is 0 Å². The molecule has 0 bridgehead atoms. The van der Waals surface area contributed by atoms with Gasteiger partial charge in [0.1, 0.15) is 0 Å². The molecule has 0 aromatic rings. The van der Waals surface area contributed by atoms with Crippen molar-refractivity contribution in [3.05, 3.63) is 0 Å². The van der Waals surface area contributed by atoms with Crippen molar-refractivity contribution in [2.45, 2.75) is 13.0 Å². The van der Waals surface area contributed by atoms with Crippen LogP contribution in [0.5, 0.6) is 0 Å². The normalized spacial score (nSPS) is 25.8. The van der Waals surface area contributed by atoms with E-state index in [1.165, 1.54) is 0 Å². The Hall–Kier alpha value is -0.750. The summed E-state index contributed by atoms with van der Waals surface area (Å²) in [5.74, 6) is 2.25. The first-order valence-electron chi connectivity index (χ1n) is 6.04. The van der Waals surface area contributed by atoms with Gasteiger partial charge in [-0.2, -0.15) is 11.8 Å². The molecule has 0 radical (unpaired) electrons. The molecule has 2 aliphatic rings. The fourth-order valence-corrected chi connectivity index (χ4v) is 3.11. The zero-order chi connectivity index (χ0) is 12.3. The van der Waals surface area contributed by atoms with E-state index in [1.807, 2.05) is 16.7 Å². The van der Waals surface area contributed by atoms with Gasteiger partial charge in [-0.25, -0.2) is 0 Å². The van der Waals surface area contributed by atoms with Crippen molar-refractivity contribution < 1.29 is 9.59 Å². The molecule has 0 saturated carbocycles. The maximum absolute atomic E-state index is 12.2. The Balaban J connectivity index is 1.83. The van der Waals surface area contributed by atoms with Crippen molar-refractivity contribution in [1.29, 1.82) is 0 Å². The lowest BCUT2D eigenvalue weighted by Gasteiger charge is -2.36. The van der Waals surface area contributed by atoms with E-state index in [0.29, 0.717) is 26.2 Å². The molecule has 2 amide bonds. The molecule has 2 aliphatic heterocycles. The van der Waals surface area contributed by atoms with Crippen molar-refractivity contribution in [2.75, 3.05) is 44.2 Å². The molecular weight excluding hydrogens is 238 g/mol. The highest BCUT2D eigenvalue weighted by atomic mass is 32.2. The van der Waals surface area contributed by atoms with E-state index in [4.69, 9.17) is 0 Å². The molecule has 6 heteroatoms. The Bertz CT molecular complexity index is 297. The Morgan fingerprint density at radius 1 is 1.18 bits per heavy atom. The molecule has 2 saturated heterocycles. The van der Waals surface area contributed by atoms with Crippen LogP contribution in [0.1, 0.15) is 6.92 Å². The van der Waals surface area contributed by atoms with Crippen LogP contribution in [0.15, 0.2) is 0 Å². The summed E-state index contributed by atoms with van der Waals surface area (Å²) in [6, 6.07) is -0.0300. The number of nitrogens with one attached hydrogen (secondary N) is 1. The molecule has 0 aromatic heterocycles. The molecule has 2 heterocycles. The van der Waals surface area contributed by atoms with Crippen molar-refractivity contribution in [2.24, 2.45) is 0 Å². The fourth-order valence-electron chi connectivity index (χ4n) is 2.19. The van der Waals surface area contributed by atoms with E-state index < -0.39 is 0 Å². The lowest BCUT2D eigenvalue weighted by atomic mass is 10.2. The highest BCUT2D eigenvalue weighted by Crippen LogP contribution is 2.11.